The molecule has 0 aliphatic heterocycles. The number of hydrogen-bond donors (Lipinski definition) is 2. The molecule has 3 rings (SSSR count). The first-order chi connectivity index (χ1) is 13.8. The SMILES string of the molecule is COc1ccc(C(=O)OCC(=O)Nc2sc3c(c2C(N)=O)CC[C@@H](C)C3)c(F)c1. The van der Waals surface area contributed by atoms with Crippen molar-refractivity contribution in [1.82, 2.24) is 0 Å². The Labute approximate surface area is 171 Å². The zero-order chi connectivity index (χ0) is 21.1. The van der Waals surface area contributed by atoms with E-state index in [2.05, 4.69) is 12.2 Å². The van der Waals surface area contributed by atoms with Gasteiger partial charge >= 0.3 is 5.97 Å². The molecule has 29 heavy (non-hydrogen) atoms. The van der Waals surface area contributed by atoms with E-state index in [-0.39, 0.29) is 11.3 Å². The van der Waals surface area contributed by atoms with Gasteiger partial charge in [-0.1, -0.05) is 6.92 Å². The largest absolute Gasteiger partial charge is 0.497 e. The summed E-state index contributed by atoms with van der Waals surface area (Å²) >= 11 is 1.31. The number of benzene rings is 1. The van der Waals surface area contributed by atoms with Crippen LogP contribution in [-0.4, -0.2) is 31.5 Å². The molecule has 1 atom stereocenters. The molecule has 9 heteroatoms. The predicted octanol–water partition coefficient (Wildman–Crippen LogP) is 2.92. The molecule has 3 N–H and O–H groups in total. The maximum Gasteiger partial charge on any atom is 0.341 e. The summed E-state index contributed by atoms with van der Waals surface area (Å²) < 4.78 is 23.7. The molecule has 1 aromatic carbocycles. The Hall–Kier alpha value is -2.94. The molecule has 1 heterocycles. The molecule has 1 aliphatic rings. The minimum Gasteiger partial charge on any atom is -0.497 e. The van der Waals surface area contributed by atoms with Crippen LogP contribution in [-0.2, 0) is 22.4 Å². The topological polar surface area (TPSA) is 108 Å². The van der Waals surface area contributed by atoms with Crippen LogP contribution < -0.4 is 15.8 Å². The Morgan fingerprint density at radius 2 is 2.10 bits per heavy atom. The molecular formula is C20H21FN2O5S. The highest BCUT2D eigenvalue weighted by molar-refractivity contribution is 7.17. The monoisotopic (exact) mass is 420 g/mol. The van der Waals surface area contributed by atoms with Gasteiger partial charge in [0.05, 0.1) is 18.2 Å². The number of hydrogen-bond acceptors (Lipinski definition) is 6. The Morgan fingerprint density at radius 3 is 2.76 bits per heavy atom. The van der Waals surface area contributed by atoms with Crippen molar-refractivity contribution in [2.24, 2.45) is 11.7 Å². The van der Waals surface area contributed by atoms with Gasteiger partial charge in [-0.2, -0.15) is 0 Å². The van der Waals surface area contributed by atoms with Crippen molar-refractivity contribution in [3.8, 4) is 5.75 Å². The Balaban J connectivity index is 1.67. The summed E-state index contributed by atoms with van der Waals surface area (Å²) in [5.74, 6) is -2.29. The molecule has 2 aromatic rings. The van der Waals surface area contributed by atoms with Gasteiger partial charge in [-0.15, -0.1) is 11.3 Å². The summed E-state index contributed by atoms with van der Waals surface area (Å²) in [7, 11) is 1.38. The molecule has 0 unspecified atom stereocenters. The van der Waals surface area contributed by atoms with Crippen LogP contribution in [0.2, 0.25) is 0 Å². The fourth-order valence-corrected chi connectivity index (χ4v) is 4.69. The van der Waals surface area contributed by atoms with Gasteiger partial charge in [-0.3, -0.25) is 9.59 Å². The zero-order valence-corrected chi connectivity index (χ0v) is 16.9. The normalized spacial score (nSPS) is 15.3. The number of esters is 1. The maximum absolute atomic E-state index is 13.9. The van der Waals surface area contributed by atoms with Crippen molar-refractivity contribution in [3.63, 3.8) is 0 Å². The first-order valence-electron chi connectivity index (χ1n) is 9.05. The van der Waals surface area contributed by atoms with Gasteiger partial charge in [0, 0.05) is 10.9 Å². The van der Waals surface area contributed by atoms with E-state index in [1.54, 1.807) is 0 Å². The van der Waals surface area contributed by atoms with E-state index in [9.17, 15) is 18.8 Å². The summed E-state index contributed by atoms with van der Waals surface area (Å²) in [5, 5.41) is 2.95. The van der Waals surface area contributed by atoms with E-state index in [1.165, 1.54) is 30.6 Å². The molecule has 0 fully saturated rings. The van der Waals surface area contributed by atoms with Crippen LogP contribution in [0.4, 0.5) is 9.39 Å². The highest BCUT2D eigenvalue weighted by Gasteiger charge is 2.27. The van der Waals surface area contributed by atoms with Crippen LogP contribution in [0.25, 0.3) is 0 Å². The highest BCUT2D eigenvalue weighted by Crippen LogP contribution is 2.39. The van der Waals surface area contributed by atoms with Gasteiger partial charge in [-0.05, 0) is 42.9 Å². The Bertz CT molecular complexity index is 972. The third-order valence-electron chi connectivity index (χ3n) is 4.74. The average molecular weight is 420 g/mol. The average Bonchev–Trinajstić information content (AvgIpc) is 3.02. The van der Waals surface area contributed by atoms with E-state index < -0.39 is 30.2 Å². The highest BCUT2D eigenvalue weighted by atomic mass is 32.1. The second-order valence-electron chi connectivity index (χ2n) is 6.89. The number of ether oxygens (including phenoxy) is 2. The number of nitrogens with one attached hydrogen (secondary N) is 1. The summed E-state index contributed by atoms with van der Waals surface area (Å²) in [6.07, 6.45) is 2.50. The van der Waals surface area contributed by atoms with Gasteiger partial charge in [0.15, 0.2) is 6.61 Å². The first kappa shape index (κ1) is 20.8. The number of rotatable bonds is 6. The molecule has 0 radical (unpaired) electrons. The van der Waals surface area contributed by atoms with Gasteiger partial charge in [0.25, 0.3) is 11.8 Å². The van der Waals surface area contributed by atoms with Gasteiger partial charge in [-0.25, -0.2) is 9.18 Å². The van der Waals surface area contributed by atoms with Crippen molar-refractivity contribution in [2.75, 3.05) is 19.0 Å². The quantitative estimate of drug-likeness (QED) is 0.699. The molecule has 0 bridgehead atoms. The van der Waals surface area contributed by atoms with E-state index in [0.29, 0.717) is 16.5 Å². The molecule has 1 aliphatic carbocycles. The van der Waals surface area contributed by atoms with Gasteiger partial charge < -0.3 is 20.5 Å². The summed E-state index contributed by atoms with van der Waals surface area (Å²) in [5.41, 5.74) is 6.40. The van der Waals surface area contributed by atoms with E-state index >= 15 is 0 Å². The van der Waals surface area contributed by atoms with Gasteiger partial charge in [0.2, 0.25) is 0 Å². The minimum absolute atomic E-state index is 0.256. The number of carbonyl (C=O) groups is 3. The fourth-order valence-electron chi connectivity index (χ4n) is 3.26. The maximum atomic E-state index is 13.9. The smallest absolute Gasteiger partial charge is 0.341 e. The molecule has 154 valence electrons. The van der Waals surface area contributed by atoms with Gasteiger partial charge in [0.1, 0.15) is 16.6 Å². The van der Waals surface area contributed by atoms with Crippen molar-refractivity contribution >= 4 is 34.1 Å². The van der Waals surface area contributed by atoms with E-state index in [1.807, 2.05) is 0 Å². The lowest BCUT2D eigenvalue weighted by Crippen LogP contribution is -2.23. The number of halogens is 1. The molecule has 0 spiro atoms. The predicted molar refractivity (Wildman–Crippen MR) is 106 cm³/mol. The number of carbonyl (C=O) groups excluding carboxylic acids is 3. The lowest BCUT2D eigenvalue weighted by Gasteiger charge is -2.18. The molecule has 7 nitrogen and oxygen atoms in total. The lowest BCUT2D eigenvalue weighted by molar-refractivity contribution is -0.119. The third kappa shape index (κ3) is 4.56. The number of amides is 2. The van der Waals surface area contributed by atoms with Crippen molar-refractivity contribution < 1.29 is 28.2 Å². The van der Waals surface area contributed by atoms with Crippen molar-refractivity contribution in [3.05, 3.63) is 45.6 Å². The van der Waals surface area contributed by atoms with Crippen molar-refractivity contribution in [2.45, 2.75) is 26.2 Å². The Morgan fingerprint density at radius 1 is 1.34 bits per heavy atom. The first-order valence-corrected chi connectivity index (χ1v) is 9.86. The van der Waals surface area contributed by atoms with Crippen LogP contribution >= 0.6 is 11.3 Å². The lowest BCUT2D eigenvalue weighted by atomic mass is 9.88. The fraction of sp³-hybridized carbons (Fsp3) is 0.350. The minimum atomic E-state index is -0.977. The van der Waals surface area contributed by atoms with Crippen LogP contribution in [0.5, 0.6) is 5.75 Å². The standard InChI is InChI=1S/C20H21FN2O5S/c1-10-3-5-13-15(7-10)29-19(17(13)18(22)25)23-16(24)9-28-20(26)12-6-4-11(27-2)8-14(12)21/h4,6,8,10H,3,5,7,9H2,1-2H3,(H2,22,25)(H,23,24)/t10-/m1/s1. The summed E-state index contributed by atoms with van der Waals surface area (Å²) in [4.78, 5) is 37.2. The second-order valence-corrected chi connectivity index (χ2v) is 8.00. The number of primary amides is 1. The molecular weight excluding hydrogens is 399 g/mol. The molecule has 2 amide bonds. The summed E-state index contributed by atoms with van der Waals surface area (Å²) in [6, 6.07) is 3.68. The van der Waals surface area contributed by atoms with Crippen LogP contribution in [0.1, 0.15) is 44.5 Å². The third-order valence-corrected chi connectivity index (χ3v) is 5.91. The Kier molecular flexibility index (Phi) is 6.17. The zero-order valence-electron chi connectivity index (χ0n) is 16.0. The second kappa shape index (κ2) is 8.60. The number of methoxy groups -OCH3 is 1. The number of thiophene rings is 1. The number of nitrogens with two attached hydrogens (primary N) is 1. The van der Waals surface area contributed by atoms with Crippen molar-refractivity contribution in [1.29, 1.82) is 0 Å². The summed E-state index contributed by atoms with van der Waals surface area (Å²) in [6.45, 7) is 1.50. The van der Waals surface area contributed by atoms with Crippen LogP contribution in [0.15, 0.2) is 18.2 Å². The number of fused-ring (bicyclic) bond motifs is 1. The molecule has 0 saturated heterocycles. The number of anilines is 1. The van der Waals surface area contributed by atoms with Crippen LogP contribution in [0.3, 0.4) is 0 Å². The molecule has 1 aromatic heterocycles. The van der Waals surface area contributed by atoms with Crippen LogP contribution in [0, 0.1) is 11.7 Å². The molecule has 0 saturated carbocycles. The van der Waals surface area contributed by atoms with E-state index in [4.69, 9.17) is 15.2 Å². The van der Waals surface area contributed by atoms with E-state index in [0.717, 1.165) is 35.8 Å².